The van der Waals surface area contributed by atoms with Crippen LogP contribution in [-0.4, -0.2) is 71.5 Å². The van der Waals surface area contributed by atoms with E-state index in [9.17, 15) is 10.1 Å². The van der Waals surface area contributed by atoms with Gasteiger partial charge in [-0.05, 0) is 43.5 Å². The molecular weight excluding hydrogens is 468 g/mol. The first-order valence-corrected chi connectivity index (χ1v) is 12.6. The standard InChI is InChI=1S/C28H32N6O2.H2O/c1-21-26(19-30-34(21)20-22-5-3-2-4-6-22)28(35)31-24-7-8-27(23(17-24)18-29)33-11-9-25(10-12-33)32-13-15-36-16-14-32;/h2-8,17,19,25H,9-16,20H2,1H3,(H,31,35);1H2. The Balaban J connectivity index is 0.00000320. The molecule has 194 valence electrons. The van der Waals surface area contributed by atoms with Crippen LogP contribution < -0.4 is 10.2 Å². The van der Waals surface area contributed by atoms with Crippen molar-refractivity contribution in [3.05, 3.63) is 77.1 Å². The molecule has 2 aliphatic heterocycles. The fraction of sp³-hybridized carbons (Fsp3) is 0.393. The van der Waals surface area contributed by atoms with Crippen molar-refractivity contribution in [1.82, 2.24) is 14.7 Å². The first-order valence-electron chi connectivity index (χ1n) is 12.6. The molecule has 5 rings (SSSR count). The minimum Gasteiger partial charge on any atom is -0.412 e. The molecule has 0 bridgehead atoms. The summed E-state index contributed by atoms with van der Waals surface area (Å²) in [4.78, 5) is 17.8. The zero-order valence-corrected chi connectivity index (χ0v) is 21.2. The van der Waals surface area contributed by atoms with E-state index in [0.717, 1.165) is 69.2 Å². The Kier molecular flexibility index (Phi) is 8.56. The van der Waals surface area contributed by atoms with Gasteiger partial charge in [-0.1, -0.05) is 30.3 Å². The van der Waals surface area contributed by atoms with Gasteiger partial charge in [0.15, 0.2) is 0 Å². The molecule has 0 atom stereocenters. The van der Waals surface area contributed by atoms with E-state index in [-0.39, 0.29) is 11.4 Å². The van der Waals surface area contributed by atoms with Crippen LogP contribution in [0.15, 0.2) is 54.7 Å². The van der Waals surface area contributed by atoms with Crippen LogP contribution >= 0.6 is 0 Å². The van der Waals surface area contributed by atoms with Crippen molar-refractivity contribution < 1.29 is 15.0 Å². The molecule has 0 aliphatic carbocycles. The Morgan fingerprint density at radius 3 is 2.54 bits per heavy atom. The lowest BCUT2D eigenvalue weighted by Crippen LogP contribution is -2.49. The Bertz CT molecular complexity index is 1240. The summed E-state index contributed by atoms with van der Waals surface area (Å²) in [5.41, 5.74) is 4.57. The molecule has 2 fully saturated rings. The van der Waals surface area contributed by atoms with E-state index in [2.05, 4.69) is 26.3 Å². The maximum absolute atomic E-state index is 13.0. The molecule has 3 heterocycles. The second-order valence-corrected chi connectivity index (χ2v) is 9.45. The Morgan fingerprint density at radius 1 is 1.11 bits per heavy atom. The number of piperidine rings is 1. The average molecular weight is 503 g/mol. The molecule has 0 spiro atoms. The summed E-state index contributed by atoms with van der Waals surface area (Å²) in [6, 6.07) is 18.6. The predicted molar refractivity (Wildman–Crippen MR) is 143 cm³/mol. The third-order valence-electron chi connectivity index (χ3n) is 7.27. The maximum Gasteiger partial charge on any atom is 0.259 e. The number of benzene rings is 2. The van der Waals surface area contributed by atoms with E-state index in [1.165, 1.54) is 0 Å². The fourth-order valence-corrected chi connectivity index (χ4v) is 5.18. The molecule has 3 aromatic rings. The summed E-state index contributed by atoms with van der Waals surface area (Å²) >= 11 is 0. The third kappa shape index (κ3) is 6.00. The van der Waals surface area contributed by atoms with E-state index in [4.69, 9.17) is 4.74 Å². The zero-order chi connectivity index (χ0) is 24.9. The molecule has 2 saturated heterocycles. The number of morpholine rings is 1. The number of ether oxygens (including phenoxy) is 1. The first kappa shape index (κ1) is 26.4. The van der Waals surface area contributed by atoms with Gasteiger partial charge < -0.3 is 20.4 Å². The molecule has 37 heavy (non-hydrogen) atoms. The molecule has 0 unspecified atom stereocenters. The number of hydrogen-bond acceptors (Lipinski definition) is 6. The minimum atomic E-state index is -0.227. The van der Waals surface area contributed by atoms with Gasteiger partial charge in [0.2, 0.25) is 0 Å². The Hall–Kier alpha value is -3.71. The number of hydrogen-bond donors (Lipinski definition) is 1. The van der Waals surface area contributed by atoms with E-state index in [1.807, 2.05) is 54.1 Å². The highest BCUT2D eigenvalue weighted by Gasteiger charge is 2.27. The number of rotatable bonds is 6. The normalized spacial score (nSPS) is 16.6. The van der Waals surface area contributed by atoms with Crippen molar-refractivity contribution in [2.24, 2.45) is 0 Å². The lowest BCUT2D eigenvalue weighted by molar-refractivity contribution is 0.0115. The van der Waals surface area contributed by atoms with Crippen LogP contribution in [-0.2, 0) is 11.3 Å². The maximum atomic E-state index is 13.0. The summed E-state index contributed by atoms with van der Waals surface area (Å²) in [7, 11) is 0. The van der Waals surface area contributed by atoms with Gasteiger partial charge in [0.25, 0.3) is 5.91 Å². The average Bonchev–Trinajstić information content (AvgIpc) is 3.29. The number of aromatic nitrogens is 2. The number of carbonyl (C=O) groups is 1. The molecule has 0 saturated carbocycles. The molecule has 3 N–H and O–H groups in total. The number of amides is 1. The number of nitriles is 1. The Morgan fingerprint density at radius 2 is 1.84 bits per heavy atom. The first-order chi connectivity index (χ1) is 17.6. The topological polar surface area (TPSA) is 118 Å². The number of nitrogens with zero attached hydrogens (tertiary/aromatic N) is 5. The summed E-state index contributed by atoms with van der Waals surface area (Å²) in [5.74, 6) is -0.227. The third-order valence-corrected chi connectivity index (χ3v) is 7.27. The van der Waals surface area contributed by atoms with Gasteiger partial charge in [0, 0.05) is 43.6 Å². The van der Waals surface area contributed by atoms with Gasteiger partial charge in [0.05, 0.1) is 42.8 Å². The van der Waals surface area contributed by atoms with Crippen molar-refractivity contribution in [2.75, 3.05) is 49.6 Å². The zero-order valence-electron chi connectivity index (χ0n) is 21.2. The lowest BCUT2D eigenvalue weighted by atomic mass is 10.0. The van der Waals surface area contributed by atoms with E-state index in [0.29, 0.717) is 29.4 Å². The molecule has 0 radical (unpaired) electrons. The smallest absolute Gasteiger partial charge is 0.259 e. The van der Waals surface area contributed by atoms with Crippen LogP contribution in [0.2, 0.25) is 0 Å². The fourth-order valence-electron chi connectivity index (χ4n) is 5.18. The Labute approximate surface area is 217 Å². The van der Waals surface area contributed by atoms with Crippen LogP contribution in [0.4, 0.5) is 11.4 Å². The highest BCUT2D eigenvalue weighted by atomic mass is 16.5. The van der Waals surface area contributed by atoms with Crippen LogP contribution in [0.5, 0.6) is 0 Å². The molecule has 9 nitrogen and oxygen atoms in total. The summed E-state index contributed by atoms with van der Waals surface area (Å²) in [6.07, 6.45) is 3.76. The highest BCUT2D eigenvalue weighted by molar-refractivity contribution is 6.05. The number of anilines is 2. The SMILES string of the molecule is Cc1c(C(=O)Nc2ccc(N3CCC(N4CCOCC4)CC3)c(C#N)c2)cnn1Cc1ccccc1.O. The van der Waals surface area contributed by atoms with Gasteiger partial charge in [-0.15, -0.1) is 0 Å². The van der Waals surface area contributed by atoms with Crippen LogP contribution in [0.25, 0.3) is 0 Å². The molecule has 2 aliphatic rings. The van der Waals surface area contributed by atoms with Crippen molar-refractivity contribution >= 4 is 17.3 Å². The minimum absolute atomic E-state index is 0. The molecule has 9 heteroatoms. The van der Waals surface area contributed by atoms with Crippen molar-refractivity contribution in [2.45, 2.75) is 32.4 Å². The van der Waals surface area contributed by atoms with Gasteiger partial charge >= 0.3 is 0 Å². The van der Waals surface area contributed by atoms with E-state index < -0.39 is 0 Å². The quantitative estimate of drug-likeness (QED) is 0.554. The summed E-state index contributed by atoms with van der Waals surface area (Å²) < 4.78 is 7.32. The van der Waals surface area contributed by atoms with Gasteiger partial charge in [-0.2, -0.15) is 10.4 Å². The number of nitrogens with one attached hydrogen (secondary N) is 1. The monoisotopic (exact) mass is 502 g/mol. The molecule has 1 aromatic heterocycles. The van der Waals surface area contributed by atoms with E-state index >= 15 is 0 Å². The molecule has 2 aromatic carbocycles. The van der Waals surface area contributed by atoms with Crippen molar-refractivity contribution in [3.63, 3.8) is 0 Å². The van der Waals surface area contributed by atoms with Crippen molar-refractivity contribution in [1.29, 1.82) is 5.26 Å². The predicted octanol–water partition coefficient (Wildman–Crippen LogP) is 2.84. The van der Waals surface area contributed by atoms with Gasteiger partial charge in [-0.25, -0.2) is 0 Å². The molecule has 1 amide bonds. The van der Waals surface area contributed by atoms with Crippen molar-refractivity contribution in [3.8, 4) is 6.07 Å². The molecular formula is C28H34N6O3. The van der Waals surface area contributed by atoms with Crippen LogP contribution in [0.3, 0.4) is 0 Å². The summed E-state index contributed by atoms with van der Waals surface area (Å²) in [6.45, 7) is 7.99. The highest BCUT2D eigenvalue weighted by Crippen LogP contribution is 2.28. The van der Waals surface area contributed by atoms with Gasteiger partial charge in [0.1, 0.15) is 6.07 Å². The lowest BCUT2D eigenvalue weighted by Gasteiger charge is -2.41. The largest absolute Gasteiger partial charge is 0.412 e. The van der Waals surface area contributed by atoms with Gasteiger partial charge in [-0.3, -0.25) is 14.4 Å². The van der Waals surface area contributed by atoms with Crippen LogP contribution in [0.1, 0.15) is 40.0 Å². The number of carbonyl (C=O) groups excluding carboxylic acids is 1. The second-order valence-electron chi connectivity index (χ2n) is 9.45. The van der Waals surface area contributed by atoms with Crippen LogP contribution in [0, 0.1) is 18.3 Å². The summed E-state index contributed by atoms with van der Waals surface area (Å²) in [5, 5.41) is 17.2. The van der Waals surface area contributed by atoms with E-state index in [1.54, 1.807) is 12.3 Å². The second kappa shape index (κ2) is 12.0.